The Labute approximate surface area is 169 Å². The molecule has 28 heavy (non-hydrogen) atoms. The number of carbonyl (C=O) groups excluding carboxylic acids is 3. The van der Waals surface area contributed by atoms with Gasteiger partial charge in [0.2, 0.25) is 0 Å². The smallest absolute Gasteiger partial charge is 0.293 e. The Morgan fingerprint density at radius 1 is 1.18 bits per heavy atom. The van der Waals surface area contributed by atoms with E-state index in [2.05, 4.69) is 10.4 Å². The van der Waals surface area contributed by atoms with Crippen LogP contribution in [0.1, 0.15) is 16.1 Å². The molecule has 3 amide bonds. The van der Waals surface area contributed by atoms with Crippen LogP contribution >= 0.6 is 23.4 Å². The minimum atomic E-state index is -0.501. The number of thioether (sulfide) groups is 1. The van der Waals surface area contributed by atoms with Crippen molar-refractivity contribution in [3.05, 3.63) is 67.9 Å². The summed E-state index contributed by atoms with van der Waals surface area (Å²) in [6, 6.07) is 9.43. The molecule has 1 N–H and O–H groups in total. The highest BCUT2D eigenvalue weighted by molar-refractivity contribution is 8.18. The van der Waals surface area contributed by atoms with Crippen LogP contribution < -0.4 is 10.9 Å². The first-order valence-electron chi connectivity index (χ1n) is 8.18. The van der Waals surface area contributed by atoms with Gasteiger partial charge in [-0.3, -0.25) is 24.1 Å². The number of amides is 3. The maximum atomic E-state index is 12.4. The maximum Gasteiger partial charge on any atom is 0.293 e. The fourth-order valence-electron chi connectivity index (χ4n) is 2.40. The molecular weight excluding hydrogens is 404 g/mol. The summed E-state index contributed by atoms with van der Waals surface area (Å²) in [5, 5.41) is 6.59. The third-order valence-corrected chi connectivity index (χ3v) is 5.01. The van der Waals surface area contributed by atoms with Gasteiger partial charge in [0.15, 0.2) is 0 Å². The van der Waals surface area contributed by atoms with Gasteiger partial charge in [-0.05, 0) is 41.6 Å². The first-order valence-corrected chi connectivity index (χ1v) is 9.38. The van der Waals surface area contributed by atoms with Crippen molar-refractivity contribution in [2.24, 2.45) is 7.05 Å². The number of rotatable bonds is 5. The monoisotopic (exact) mass is 418 g/mol. The second-order valence-electron chi connectivity index (χ2n) is 5.82. The van der Waals surface area contributed by atoms with Gasteiger partial charge < -0.3 is 5.32 Å². The van der Waals surface area contributed by atoms with Crippen molar-refractivity contribution in [2.45, 2.75) is 0 Å². The molecule has 1 aromatic heterocycles. The van der Waals surface area contributed by atoms with Crippen molar-refractivity contribution in [1.29, 1.82) is 0 Å². The average molecular weight is 419 g/mol. The fourth-order valence-corrected chi connectivity index (χ4v) is 3.39. The predicted octanol–water partition coefficient (Wildman–Crippen LogP) is 1.90. The second kappa shape index (κ2) is 8.41. The summed E-state index contributed by atoms with van der Waals surface area (Å²) in [5.74, 6) is -0.918. The van der Waals surface area contributed by atoms with Crippen LogP contribution in [0.25, 0.3) is 6.08 Å². The molecule has 1 aliphatic rings. The number of hydrogen-bond donors (Lipinski definition) is 1. The van der Waals surface area contributed by atoms with Gasteiger partial charge in [0.25, 0.3) is 22.6 Å². The first-order chi connectivity index (χ1) is 13.3. The van der Waals surface area contributed by atoms with E-state index in [1.165, 1.54) is 19.2 Å². The van der Waals surface area contributed by atoms with Crippen molar-refractivity contribution < 1.29 is 14.4 Å². The predicted molar refractivity (Wildman–Crippen MR) is 106 cm³/mol. The number of halogens is 1. The molecule has 1 aromatic carbocycles. The molecule has 0 radical (unpaired) electrons. The van der Waals surface area contributed by atoms with Gasteiger partial charge in [0, 0.05) is 31.2 Å². The molecule has 1 fully saturated rings. The molecule has 3 rings (SSSR count). The SMILES string of the molecule is Cn1nc(C(=O)NCCN2C(=O)S/C(=C/c3ccc(Cl)cc3)C2=O)ccc1=O. The van der Waals surface area contributed by atoms with Crippen molar-refractivity contribution in [1.82, 2.24) is 20.0 Å². The van der Waals surface area contributed by atoms with Crippen LogP contribution in [0.15, 0.2) is 46.1 Å². The van der Waals surface area contributed by atoms with Crippen LogP contribution in [0, 0.1) is 0 Å². The van der Waals surface area contributed by atoms with E-state index in [-0.39, 0.29) is 24.3 Å². The van der Waals surface area contributed by atoms with Crippen LogP contribution in [0.5, 0.6) is 0 Å². The summed E-state index contributed by atoms with van der Waals surface area (Å²) in [6.45, 7) is 0.0930. The molecule has 0 spiro atoms. The Kier molecular flexibility index (Phi) is 5.96. The fraction of sp³-hybridized carbons (Fsp3) is 0.167. The molecule has 2 aromatic rings. The van der Waals surface area contributed by atoms with Gasteiger partial charge in [-0.15, -0.1) is 0 Å². The number of hydrogen-bond acceptors (Lipinski definition) is 6. The number of aromatic nitrogens is 2. The number of aryl methyl sites for hydroxylation is 1. The molecule has 8 nitrogen and oxygen atoms in total. The van der Waals surface area contributed by atoms with Gasteiger partial charge in [-0.25, -0.2) is 4.68 Å². The Bertz CT molecular complexity index is 1030. The number of nitrogens with zero attached hydrogens (tertiary/aromatic N) is 3. The molecular formula is C18H15ClN4O4S. The highest BCUT2D eigenvalue weighted by atomic mass is 35.5. The number of carbonyl (C=O) groups is 3. The number of nitrogens with one attached hydrogen (secondary N) is 1. The Morgan fingerprint density at radius 2 is 1.89 bits per heavy atom. The van der Waals surface area contributed by atoms with Crippen LogP contribution in [-0.2, 0) is 11.8 Å². The van der Waals surface area contributed by atoms with Crippen molar-refractivity contribution in [3.8, 4) is 0 Å². The van der Waals surface area contributed by atoms with Gasteiger partial charge in [0.05, 0.1) is 4.91 Å². The normalized spacial score (nSPS) is 15.4. The topological polar surface area (TPSA) is 101 Å². The Morgan fingerprint density at radius 3 is 2.57 bits per heavy atom. The zero-order valence-electron chi connectivity index (χ0n) is 14.7. The third-order valence-electron chi connectivity index (χ3n) is 3.86. The van der Waals surface area contributed by atoms with Crippen LogP contribution in [0.3, 0.4) is 0 Å². The molecule has 2 heterocycles. The molecule has 0 aliphatic carbocycles. The standard InChI is InChI=1S/C18H15ClN4O4S/c1-22-15(24)7-6-13(21-22)16(25)20-8-9-23-17(26)14(28-18(23)27)10-11-2-4-12(19)5-3-11/h2-7,10H,8-9H2,1H3,(H,20,25)/b14-10+. The van der Waals surface area contributed by atoms with E-state index in [9.17, 15) is 19.2 Å². The lowest BCUT2D eigenvalue weighted by Crippen LogP contribution is -2.38. The van der Waals surface area contributed by atoms with Gasteiger partial charge in [0.1, 0.15) is 5.69 Å². The second-order valence-corrected chi connectivity index (χ2v) is 7.25. The summed E-state index contributed by atoms with van der Waals surface area (Å²) < 4.78 is 1.05. The van der Waals surface area contributed by atoms with Gasteiger partial charge in [-0.1, -0.05) is 23.7 Å². The lowest BCUT2D eigenvalue weighted by Gasteiger charge is -2.12. The summed E-state index contributed by atoms with van der Waals surface area (Å²) >= 11 is 6.68. The highest BCUT2D eigenvalue weighted by Gasteiger charge is 2.34. The summed E-state index contributed by atoms with van der Waals surface area (Å²) in [4.78, 5) is 49.3. The average Bonchev–Trinajstić information content (AvgIpc) is 2.93. The van der Waals surface area contributed by atoms with Crippen molar-refractivity contribution >= 4 is 46.5 Å². The van der Waals surface area contributed by atoms with Crippen LogP contribution in [-0.4, -0.2) is 44.8 Å². The number of imide groups is 1. The molecule has 1 aliphatic heterocycles. The maximum absolute atomic E-state index is 12.4. The molecule has 0 saturated carbocycles. The zero-order chi connectivity index (χ0) is 20.3. The van der Waals surface area contributed by atoms with E-state index in [1.54, 1.807) is 30.3 Å². The van der Waals surface area contributed by atoms with Crippen molar-refractivity contribution in [3.63, 3.8) is 0 Å². The molecule has 10 heteroatoms. The first kappa shape index (κ1) is 19.8. The molecule has 0 atom stereocenters. The lowest BCUT2D eigenvalue weighted by atomic mass is 10.2. The zero-order valence-corrected chi connectivity index (χ0v) is 16.3. The van der Waals surface area contributed by atoms with Gasteiger partial charge in [-0.2, -0.15) is 5.10 Å². The largest absolute Gasteiger partial charge is 0.349 e. The van der Waals surface area contributed by atoms with E-state index < -0.39 is 17.1 Å². The van der Waals surface area contributed by atoms with E-state index in [1.807, 2.05) is 0 Å². The number of benzene rings is 1. The quantitative estimate of drug-likeness (QED) is 0.744. The molecule has 0 unspecified atom stereocenters. The Balaban J connectivity index is 1.60. The molecule has 144 valence electrons. The van der Waals surface area contributed by atoms with E-state index in [0.717, 1.165) is 26.9 Å². The van der Waals surface area contributed by atoms with E-state index in [4.69, 9.17) is 11.6 Å². The van der Waals surface area contributed by atoms with E-state index >= 15 is 0 Å². The van der Waals surface area contributed by atoms with Crippen molar-refractivity contribution in [2.75, 3.05) is 13.1 Å². The summed E-state index contributed by atoms with van der Waals surface area (Å²) in [6.07, 6.45) is 1.62. The lowest BCUT2D eigenvalue weighted by molar-refractivity contribution is -0.122. The molecule has 0 bridgehead atoms. The Hall–Kier alpha value is -2.91. The van der Waals surface area contributed by atoms with Crippen LogP contribution in [0.2, 0.25) is 5.02 Å². The third kappa shape index (κ3) is 4.49. The summed E-state index contributed by atoms with van der Waals surface area (Å²) in [5.41, 5.74) is 0.490. The van der Waals surface area contributed by atoms with Crippen LogP contribution in [0.4, 0.5) is 4.79 Å². The minimum absolute atomic E-state index is 0.0279. The highest BCUT2D eigenvalue weighted by Crippen LogP contribution is 2.32. The molecule has 1 saturated heterocycles. The minimum Gasteiger partial charge on any atom is -0.349 e. The van der Waals surface area contributed by atoms with E-state index in [0.29, 0.717) is 9.93 Å². The van der Waals surface area contributed by atoms with Gasteiger partial charge >= 0.3 is 0 Å². The summed E-state index contributed by atoms with van der Waals surface area (Å²) in [7, 11) is 1.44.